The summed E-state index contributed by atoms with van der Waals surface area (Å²) in [6.45, 7) is 19.8. The summed E-state index contributed by atoms with van der Waals surface area (Å²) in [6, 6.07) is 12.7. The van der Waals surface area contributed by atoms with Gasteiger partial charge in [0.1, 0.15) is 24.0 Å². The molecular weight excluding hydrogens is 836 g/mol. The first-order chi connectivity index (χ1) is 28.9. The number of halogens is 1. The normalized spacial score (nSPS) is 25.3. The zero-order valence-electron chi connectivity index (χ0n) is 37.2. The molecule has 2 N–H and O–H groups in total. The Morgan fingerprint density at radius 1 is 0.967 bits per heavy atom. The molecule has 3 aliphatic rings. The van der Waals surface area contributed by atoms with E-state index in [2.05, 4.69) is 64.8 Å². The number of benzene rings is 2. The van der Waals surface area contributed by atoms with Crippen LogP contribution in [0.1, 0.15) is 84.1 Å². The van der Waals surface area contributed by atoms with Crippen molar-refractivity contribution in [3.8, 4) is 5.75 Å². The van der Waals surface area contributed by atoms with Crippen LogP contribution < -0.4 is 15.4 Å². The Kier molecular flexibility index (Phi) is 17.5. The van der Waals surface area contributed by atoms with Gasteiger partial charge in [-0.05, 0) is 81.2 Å². The SMILES string of the molecule is COc1ccc(C[C@H]2NC(=O)C=CC[C@@H]([C@H](C)[C@H]3O[C@@H]3c3ccc(CN4CCN(CC(C)(C)SSC)CC4)cc3)OC(=O)[C@H](CC(C)C)OC(=O)C(C)(C)CNC2=O)cc1Cl. The van der Waals surface area contributed by atoms with E-state index in [9.17, 15) is 19.2 Å². The number of rotatable bonds is 14. The lowest BCUT2D eigenvalue weighted by Crippen LogP contribution is -2.51. The van der Waals surface area contributed by atoms with Crippen LogP contribution >= 0.6 is 33.2 Å². The number of carbonyl (C=O) groups is 4. The van der Waals surface area contributed by atoms with Gasteiger partial charge in [-0.3, -0.25) is 24.2 Å². The van der Waals surface area contributed by atoms with E-state index in [1.54, 1.807) is 38.1 Å². The topological polar surface area (TPSA) is 139 Å². The highest BCUT2D eigenvalue weighted by Crippen LogP contribution is 2.45. The van der Waals surface area contributed by atoms with Crippen LogP contribution in [-0.2, 0) is 46.4 Å². The van der Waals surface area contributed by atoms with Crippen molar-refractivity contribution in [1.29, 1.82) is 0 Å². The highest BCUT2D eigenvalue weighted by atomic mass is 35.5. The maximum Gasteiger partial charge on any atom is 0.347 e. The summed E-state index contributed by atoms with van der Waals surface area (Å²) in [5, 5.41) is 5.98. The summed E-state index contributed by atoms with van der Waals surface area (Å²) in [7, 11) is 5.28. The van der Waals surface area contributed by atoms with Gasteiger partial charge in [0.15, 0.2) is 6.10 Å². The molecule has 2 fully saturated rings. The van der Waals surface area contributed by atoms with Crippen molar-refractivity contribution in [2.75, 3.05) is 52.6 Å². The summed E-state index contributed by atoms with van der Waals surface area (Å²) in [6.07, 6.45) is 3.40. The van der Waals surface area contributed by atoms with Crippen molar-refractivity contribution < 1.29 is 38.1 Å². The van der Waals surface area contributed by atoms with E-state index < -0.39 is 47.4 Å². The predicted octanol–water partition coefficient (Wildman–Crippen LogP) is 7.03. The van der Waals surface area contributed by atoms with E-state index >= 15 is 0 Å². The molecular formula is C46H65ClN4O8S2. The highest BCUT2D eigenvalue weighted by molar-refractivity contribution is 8.77. The predicted molar refractivity (Wildman–Crippen MR) is 244 cm³/mol. The van der Waals surface area contributed by atoms with Crippen molar-refractivity contribution in [3.63, 3.8) is 0 Å². The first-order valence-corrected chi connectivity index (χ1v) is 24.2. The molecule has 0 aromatic heterocycles. The van der Waals surface area contributed by atoms with Crippen molar-refractivity contribution in [2.24, 2.45) is 17.3 Å². The molecule has 2 amide bonds. The van der Waals surface area contributed by atoms with E-state index in [-0.39, 0.29) is 54.6 Å². The zero-order chi connectivity index (χ0) is 44.5. The van der Waals surface area contributed by atoms with Crippen LogP contribution in [0.4, 0.5) is 0 Å². The summed E-state index contributed by atoms with van der Waals surface area (Å²) < 4.78 is 23.8. The highest BCUT2D eigenvalue weighted by Gasteiger charge is 2.48. The average molecular weight is 902 g/mol. The lowest BCUT2D eigenvalue weighted by atomic mass is 9.92. The molecule has 0 spiro atoms. The molecule has 0 saturated carbocycles. The third-order valence-corrected chi connectivity index (χ3v) is 14.3. The molecule has 0 radical (unpaired) electrons. The second-order valence-electron chi connectivity index (χ2n) is 18.2. The van der Waals surface area contributed by atoms with Crippen LogP contribution in [0.3, 0.4) is 0 Å². The number of hydrogen-bond donors (Lipinski definition) is 2. The molecule has 61 heavy (non-hydrogen) atoms. The fourth-order valence-corrected chi connectivity index (χ4v) is 10.3. The molecule has 2 aromatic carbocycles. The number of cyclic esters (lactones) is 2. The standard InChI is InChI=1S/C46H65ClN4O8S2/c1-29(2)23-38-43(54)57-36(30(3)40-41(59-40)33-16-13-31(14-17-33)26-50-19-21-51(22-20-50)28-46(6,7)61-60-9)11-10-12-39(52)49-35(25-32-15-18-37(56-8)34(47)24-32)42(53)48-27-45(4,5)44(55)58-38/h10,12-18,24,29-30,35-36,38,40-41H,11,19-23,25-28H2,1-9H3,(H,48,53)(H,49,52)/t30-,35+,36-,38-,40+,41+/m0/s1. The maximum atomic E-state index is 13.9. The number of hydrogen-bond acceptors (Lipinski definition) is 12. The Hall–Kier alpha value is -3.27. The molecule has 3 aliphatic heterocycles. The minimum absolute atomic E-state index is 0.00978. The van der Waals surface area contributed by atoms with Gasteiger partial charge >= 0.3 is 11.9 Å². The molecule has 2 saturated heterocycles. The lowest BCUT2D eigenvalue weighted by molar-refractivity contribution is -0.179. The van der Waals surface area contributed by atoms with Gasteiger partial charge in [-0.25, -0.2) is 4.79 Å². The number of epoxide rings is 1. The number of esters is 2. The molecule has 3 heterocycles. The number of carbonyl (C=O) groups excluding carboxylic acids is 4. The number of nitrogens with one attached hydrogen (secondary N) is 2. The van der Waals surface area contributed by atoms with Crippen molar-refractivity contribution in [1.82, 2.24) is 20.4 Å². The molecule has 12 nitrogen and oxygen atoms in total. The lowest BCUT2D eigenvalue weighted by Gasteiger charge is -2.38. The quantitative estimate of drug-likeness (QED) is 0.114. The molecule has 0 unspecified atom stereocenters. The molecule has 6 atom stereocenters. The monoisotopic (exact) mass is 900 g/mol. The number of piperazine rings is 1. The van der Waals surface area contributed by atoms with Crippen molar-refractivity contribution >= 4 is 56.9 Å². The van der Waals surface area contributed by atoms with Crippen molar-refractivity contribution in [3.05, 3.63) is 76.3 Å². The minimum atomic E-state index is -1.21. The average Bonchev–Trinajstić information content (AvgIpc) is 4.00. The van der Waals surface area contributed by atoms with Crippen LogP contribution in [0, 0.1) is 17.3 Å². The zero-order valence-corrected chi connectivity index (χ0v) is 39.6. The molecule has 0 bridgehead atoms. The fourth-order valence-electron chi connectivity index (χ4n) is 7.79. The number of methoxy groups -OCH3 is 1. The smallest absolute Gasteiger partial charge is 0.347 e. The molecule has 15 heteroatoms. The van der Waals surface area contributed by atoms with E-state index in [1.165, 1.54) is 18.7 Å². The largest absolute Gasteiger partial charge is 0.495 e. The van der Waals surface area contributed by atoms with E-state index in [4.69, 9.17) is 30.5 Å². The Bertz CT molecular complexity index is 1850. The van der Waals surface area contributed by atoms with Crippen molar-refractivity contribution in [2.45, 2.75) is 109 Å². The van der Waals surface area contributed by atoms with Gasteiger partial charge in [-0.1, -0.05) is 90.4 Å². The Morgan fingerprint density at radius 3 is 2.28 bits per heavy atom. The summed E-state index contributed by atoms with van der Waals surface area (Å²) in [4.78, 5) is 59.6. The van der Waals surface area contributed by atoms with E-state index in [0.29, 0.717) is 16.3 Å². The van der Waals surface area contributed by atoms with Gasteiger partial charge in [0.05, 0.1) is 23.7 Å². The second kappa shape index (κ2) is 21.9. The van der Waals surface area contributed by atoms with Gasteiger partial charge in [-0.2, -0.15) is 0 Å². The third kappa shape index (κ3) is 14.4. The van der Waals surface area contributed by atoms with Crippen LogP contribution in [0.5, 0.6) is 5.75 Å². The Morgan fingerprint density at radius 2 is 1.64 bits per heavy atom. The summed E-state index contributed by atoms with van der Waals surface area (Å²) in [5.41, 5.74) is 1.78. The molecule has 2 aromatic rings. The van der Waals surface area contributed by atoms with E-state index in [0.717, 1.165) is 44.8 Å². The third-order valence-electron chi connectivity index (χ3n) is 11.4. The first-order valence-electron chi connectivity index (χ1n) is 21.3. The minimum Gasteiger partial charge on any atom is -0.495 e. The van der Waals surface area contributed by atoms with Crippen LogP contribution in [-0.4, -0.2) is 115 Å². The maximum absolute atomic E-state index is 13.9. The van der Waals surface area contributed by atoms with Crippen LogP contribution in [0.2, 0.25) is 5.02 Å². The number of ether oxygens (including phenoxy) is 4. The second-order valence-corrected chi connectivity index (χ2v) is 21.7. The molecule has 0 aliphatic carbocycles. The Labute approximate surface area is 375 Å². The van der Waals surface area contributed by atoms with Gasteiger partial charge < -0.3 is 29.6 Å². The van der Waals surface area contributed by atoms with Crippen LogP contribution in [0.25, 0.3) is 0 Å². The molecule has 336 valence electrons. The van der Waals surface area contributed by atoms with Gasteiger partial charge in [0.2, 0.25) is 11.8 Å². The summed E-state index contributed by atoms with van der Waals surface area (Å²) >= 11 is 6.38. The van der Waals surface area contributed by atoms with Crippen LogP contribution in [0.15, 0.2) is 54.6 Å². The van der Waals surface area contributed by atoms with E-state index in [1.807, 2.05) is 42.4 Å². The fraction of sp³-hybridized carbons (Fsp3) is 0.609. The summed E-state index contributed by atoms with van der Waals surface area (Å²) in [5.74, 6) is -2.09. The first kappa shape index (κ1) is 48.8. The van der Waals surface area contributed by atoms with Gasteiger partial charge in [0.25, 0.3) is 0 Å². The Balaban J connectivity index is 1.28. The molecule has 5 rings (SSSR count). The van der Waals surface area contributed by atoms with Gasteiger partial charge in [-0.15, -0.1) is 0 Å². The number of nitrogens with zero attached hydrogens (tertiary/aromatic N) is 2. The number of amides is 2. The van der Waals surface area contributed by atoms with Gasteiger partial charge in [0, 0.05) is 69.3 Å².